The molecule has 0 radical (unpaired) electrons. The van der Waals surface area contributed by atoms with Crippen molar-refractivity contribution in [2.24, 2.45) is 0 Å². The highest BCUT2D eigenvalue weighted by Crippen LogP contribution is 2.13. The summed E-state index contributed by atoms with van der Waals surface area (Å²) in [4.78, 5) is 10.3. The summed E-state index contributed by atoms with van der Waals surface area (Å²) >= 11 is 0. The molecule has 0 aliphatic rings. The molecule has 26 heavy (non-hydrogen) atoms. The van der Waals surface area contributed by atoms with E-state index in [1.54, 1.807) is 0 Å². The van der Waals surface area contributed by atoms with Crippen LogP contribution < -0.4 is 5.11 Å². The number of hydrogen-bond donors (Lipinski definition) is 3. The predicted octanol–water partition coefficient (Wildman–Crippen LogP) is 3.33. The molecule has 0 aliphatic carbocycles. The van der Waals surface area contributed by atoms with Crippen LogP contribution in [0, 0.1) is 0 Å². The Balaban J connectivity index is 0. The van der Waals surface area contributed by atoms with Crippen molar-refractivity contribution in [1.29, 1.82) is 0 Å². The number of carboxylic acid groups (broad SMARTS) is 1. The molecule has 5 nitrogen and oxygen atoms in total. The van der Waals surface area contributed by atoms with Crippen LogP contribution >= 0.6 is 0 Å². The quantitative estimate of drug-likeness (QED) is 0.339. The molecular formula is C21H43O5-. The molecular weight excluding hydrogens is 332 g/mol. The number of carbonyl (C=O) groups is 1. The molecule has 0 aromatic carbocycles. The van der Waals surface area contributed by atoms with Crippen LogP contribution in [0.2, 0.25) is 0 Å². The van der Waals surface area contributed by atoms with E-state index < -0.39 is 18.2 Å². The Bertz CT molecular complexity index is 282. The number of carbonyl (C=O) groups excluding carboxylic acids is 1. The molecule has 3 N–H and O–H groups in total. The summed E-state index contributed by atoms with van der Waals surface area (Å²) in [6.07, 6.45) is 16.4. The molecule has 0 heterocycles. The maximum Gasteiger partial charge on any atom is 0.0933 e. The van der Waals surface area contributed by atoms with E-state index >= 15 is 0 Å². The molecule has 0 saturated carbocycles. The average Bonchev–Trinajstić information content (AvgIpc) is 2.62. The molecule has 0 spiro atoms. The van der Waals surface area contributed by atoms with Gasteiger partial charge in [0.1, 0.15) is 0 Å². The lowest BCUT2D eigenvalue weighted by Crippen LogP contribution is -2.35. The third kappa shape index (κ3) is 25.6. The van der Waals surface area contributed by atoms with Crippen molar-refractivity contribution in [3.63, 3.8) is 0 Å². The van der Waals surface area contributed by atoms with Gasteiger partial charge in [0.2, 0.25) is 0 Å². The number of aliphatic hydroxyl groups excluding tert-OH is 3. The lowest BCUT2D eigenvalue weighted by atomic mass is 10.0. The average molecular weight is 376 g/mol. The van der Waals surface area contributed by atoms with E-state index in [9.17, 15) is 9.90 Å². The van der Waals surface area contributed by atoms with E-state index in [-0.39, 0.29) is 6.61 Å². The minimum Gasteiger partial charge on any atom is -0.547 e. The summed E-state index contributed by atoms with van der Waals surface area (Å²) < 4.78 is 0. The van der Waals surface area contributed by atoms with Gasteiger partial charge in [0, 0.05) is 0 Å². The second-order valence-corrected chi connectivity index (χ2v) is 7.25. The monoisotopic (exact) mass is 375 g/mol. The van der Waals surface area contributed by atoms with E-state index in [0.717, 1.165) is 19.3 Å². The summed E-state index contributed by atoms with van der Waals surface area (Å²) in [7, 11) is 0. The summed E-state index contributed by atoms with van der Waals surface area (Å²) in [6.45, 7) is 3.64. The highest BCUT2D eigenvalue weighted by Gasteiger charge is 2.03. The van der Waals surface area contributed by atoms with Crippen molar-refractivity contribution in [3.8, 4) is 0 Å². The molecule has 0 aliphatic heterocycles. The van der Waals surface area contributed by atoms with Gasteiger partial charge in [0.25, 0.3) is 0 Å². The van der Waals surface area contributed by atoms with Crippen LogP contribution in [0.15, 0.2) is 0 Å². The van der Waals surface area contributed by atoms with Gasteiger partial charge in [-0.15, -0.1) is 0 Å². The molecule has 0 amide bonds. The fraction of sp³-hybridized carbons (Fsp3) is 0.952. The van der Waals surface area contributed by atoms with Gasteiger partial charge in [-0.05, 0) is 13.3 Å². The van der Waals surface area contributed by atoms with Crippen molar-refractivity contribution in [3.05, 3.63) is 0 Å². The van der Waals surface area contributed by atoms with E-state index in [1.807, 2.05) is 0 Å². The third-order valence-corrected chi connectivity index (χ3v) is 4.37. The summed E-state index contributed by atoms with van der Waals surface area (Å²) in [6, 6.07) is 0. The minimum absolute atomic E-state index is 0.139. The lowest BCUT2D eigenvalue weighted by Gasteiger charge is -2.10. The first kappa shape index (κ1) is 27.6. The Labute approximate surface area is 160 Å². The van der Waals surface area contributed by atoms with Crippen molar-refractivity contribution in [1.82, 2.24) is 0 Å². The SMILES string of the molecule is CC(O)CO.CCCCCCCCCCCCCCCCC(O)C(=O)[O-]. The predicted molar refractivity (Wildman–Crippen MR) is 105 cm³/mol. The second kappa shape index (κ2) is 22.4. The van der Waals surface area contributed by atoms with E-state index in [1.165, 1.54) is 77.6 Å². The zero-order valence-corrected chi connectivity index (χ0v) is 17.1. The van der Waals surface area contributed by atoms with Gasteiger partial charge in [0.05, 0.1) is 24.8 Å². The van der Waals surface area contributed by atoms with Crippen molar-refractivity contribution >= 4 is 5.97 Å². The molecule has 0 aromatic heterocycles. The number of hydrogen-bond acceptors (Lipinski definition) is 5. The molecule has 5 heteroatoms. The Morgan fingerprint density at radius 1 is 0.769 bits per heavy atom. The summed E-state index contributed by atoms with van der Waals surface area (Å²) in [5.41, 5.74) is 0. The first-order chi connectivity index (χ1) is 12.5. The Morgan fingerprint density at radius 3 is 1.35 bits per heavy atom. The summed E-state index contributed by atoms with van der Waals surface area (Å²) in [5, 5.41) is 35.4. The third-order valence-electron chi connectivity index (χ3n) is 4.37. The first-order valence-corrected chi connectivity index (χ1v) is 10.6. The minimum atomic E-state index is -1.34. The van der Waals surface area contributed by atoms with Crippen molar-refractivity contribution in [2.75, 3.05) is 6.61 Å². The van der Waals surface area contributed by atoms with Gasteiger partial charge in [0.15, 0.2) is 0 Å². The molecule has 0 fully saturated rings. The molecule has 158 valence electrons. The first-order valence-electron chi connectivity index (χ1n) is 10.6. The van der Waals surface area contributed by atoms with Crippen molar-refractivity contribution < 1.29 is 25.2 Å². The van der Waals surface area contributed by atoms with Gasteiger partial charge >= 0.3 is 0 Å². The fourth-order valence-electron chi connectivity index (χ4n) is 2.65. The smallest absolute Gasteiger partial charge is 0.0933 e. The Kier molecular flexibility index (Phi) is 23.7. The largest absolute Gasteiger partial charge is 0.547 e. The molecule has 2 atom stereocenters. The normalized spacial score (nSPS) is 13.0. The number of unbranched alkanes of at least 4 members (excludes halogenated alkanes) is 13. The van der Waals surface area contributed by atoms with Crippen LogP contribution in [0.4, 0.5) is 0 Å². The Morgan fingerprint density at radius 2 is 1.08 bits per heavy atom. The fourth-order valence-corrected chi connectivity index (χ4v) is 2.65. The highest BCUT2D eigenvalue weighted by atomic mass is 16.4. The van der Waals surface area contributed by atoms with Gasteiger partial charge in [-0.3, -0.25) is 0 Å². The molecule has 0 aromatic rings. The summed E-state index contributed by atoms with van der Waals surface area (Å²) in [5.74, 6) is -1.34. The van der Waals surface area contributed by atoms with Gasteiger partial charge in [-0.2, -0.15) is 0 Å². The zero-order chi connectivity index (χ0) is 20.0. The highest BCUT2D eigenvalue weighted by molar-refractivity contribution is 5.69. The lowest BCUT2D eigenvalue weighted by molar-refractivity contribution is -0.315. The van der Waals surface area contributed by atoms with Crippen LogP contribution in [0.25, 0.3) is 0 Å². The Hall–Kier alpha value is -0.650. The molecule has 0 bridgehead atoms. The van der Waals surface area contributed by atoms with Crippen molar-refractivity contribution in [2.45, 2.75) is 122 Å². The van der Waals surface area contributed by atoms with E-state index in [2.05, 4.69) is 6.92 Å². The number of rotatable bonds is 17. The van der Waals surface area contributed by atoms with Crippen LogP contribution in [-0.4, -0.2) is 40.1 Å². The van der Waals surface area contributed by atoms with Gasteiger partial charge < -0.3 is 25.2 Å². The van der Waals surface area contributed by atoms with Crippen LogP contribution in [0.1, 0.15) is 110 Å². The second-order valence-electron chi connectivity index (χ2n) is 7.25. The number of aliphatic hydroxyl groups is 3. The van der Waals surface area contributed by atoms with Gasteiger partial charge in [-0.25, -0.2) is 0 Å². The number of aliphatic carboxylic acids is 1. The maximum absolute atomic E-state index is 10.3. The van der Waals surface area contributed by atoms with E-state index in [4.69, 9.17) is 15.3 Å². The molecule has 2 unspecified atom stereocenters. The topological polar surface area (TPSA) is 101 Å². The van der Waals surface area contributed by atoms with Crippen LogP contribution in [0.5, 0.6) is 0 Å². The molecule has 0 saturated heterocycles. The zero-order valence-electron chi connectivity index (χ0n) is 17.1. The van der Waals surface area contributed by atoms with Crippen LogP contribution in [0.3, 0.4) is 0 Å². The standard InChI is InChI=1S/C18H36O3.C3H8O2/c1-2-3-4-5-6-7-8-9-10-11-12-13-14-15-16-17(19)18(20)21;1-3(5)2-4/h17,19H,2-16H2,1H3,(H,20,21);3-5H,2H2,1H3/p-1. The van der Waals surface area contributed by atoms with Gasteiger partial charge in [-0.1, -0.05) is 96.8 Å². The molecule has 0 rings (SSSR count). The van der Waals surface area contributed by atoms with E-state index in [0.29, 0.717) is 6.42 Å². The maximum atomic E-state index is 10.3. The van der Waals surface area contributed by atoms with Crippen LogP contribution in [-0.2, 0) is 4.79 Å². The number of carboxylic acids is 1.